The SMILES string of the molecule is CCCOCCOCCN1C(=O)c2ccccc2C1=O. The number of benzene rings is 1. The Morgan fingerprint density at radius 1 is 0.900 bits per heavy atom. The lowest BCUT2D eigenvalue weighted by Gasteiger charge is -2.13. The van der Waals surface area contributed by atoms with E-state index in [-0.39, 0.29) is 18.4 Å². The molecule has 0 spiro atoms. The van der Waals surface area contributed by atoms with E-state index in [4.69, 9.17) is 9.47 Å². The summed E-state index contributed by atoms with van der Waals surface area (Å²) in [5, 5.41) is 0. The number of nitrogens with zero attached hydrogens (tertiary/aromatic N) is 1. The fraction of sp³-hybridized carbons (Fsp3) is 0.467. The number of hydrogen-bond acceptors (Lipinski definition) is 4. The first-order chi connectivity index (χ1) is 9.75. The van der Waals surface area contributed by atoms with Crippen molar-refractivity contribution in [3.05, 3.63) is 35.4 Å². The third kappa shape index (κ3) is 3.23. The quantitative estimate of drug-likeness (QED) is 0.536. The number of amides is 2. The zero-order chi connectivity index (χ0) is 14.4. The highest BCUT2D eigenvalue weighted by Gasteiger charge is 2.34. The molecule has 0 saturated heterocycles. The monoisotopic (exact) mass is 277 g/mol. The van der Waals surface area contributed by atoms with Gasteiger partial charge in [-0.3, -0.25) is 14.5 Å². The second-order valence-electron chi connectivity index (χ2n) is 4.53. The molecular weight excluding hydrogens is 258 g/mol. The molecule has 0 aliphatic carbocycles. The van der Waals surface area contributed by atoms with Crippen LogP contribution in [0.5, 0.6) is 0 Å². The number of fused-ring (bicyclic) bond motifs is 1. The summed E-state index contributed by atoms with van der Waals surface area (Å²) in [6, 6.07) is 6.87. The van der Waals surface area contributed by atoms with Crippen molar-refractivity contribution in [1.29, 1.82) is 0 Å². The molecule has 5 heteroatoms. The van der Waals surface area contributed by atoms with E-state index in [0.29, 0.717) is 30.9 Å². The smallest absolute Gasteiger partial charge is 0.261 e. The Kier molecular flexibility index (Phi) is 5.26. The van der Waals surface area contributed by atoms with Crippen LogP contribution in [-0.4, -0.2) is 49.7 Å². The maximum atomic E-state index is 12.0. The second-order valence-corrected chi connectivity index (χ2v) is 4.53. The Morgan fingerprint density at radius 2 is 1.45 bits per heavy atom. The van der Waals surface area contributed by atoms with Crippen LogP contribution in [0.25, 0.3) is 0 Å². The lowest BCUT2D eigenvalue weighted by molar-refractivity contribution is 0.0356. The number of carbonyl (C=O) groups is 2. The molecule has 0 N–H and O–H groups in total. The minimum atomic E-state index is -0.239. The Labute approximate surface area is 118 Å². The van der Waals surface area contributed by atoms with Gasteiger partial charge in [-0.1, -0.05) is 19.1 Å². The van der Waals surface area contributed by atoms with Crippen LogP contribution in [0.2, 0.25) is 0 Å². The van der Waals surface area contributed by atoms with Gasteiger partial charge in [0.1, 0.15) is 0 Å². The van der Waals surface area contributed by atoms with E-state index in [1.807, 2.05) is 6.92 Å². The molecule has 2 amide bonds. The Balaban J connectivity index is 1.75. The van der Waals surface area contributed by atoms with E-state index in [9.17, 15) is 9.59 Å². The summed E-state index contributed by atoms with van der Waals surface area (Å²) in [5.41, 5.74) is 0.951. The molecule has 2 rings (SSSR count). The number of ether oxygens (including phenoxy) is 2. The van der Waals surface area contributed by atoms with Gasteiger partial charge in [-0.2, -0.15) is 0 Å². The summed E-state index contributed by atoms with van der Waals surface area (Å²) >= 11 is 0. The van der Waals surface area contributed by atoms with Crippen molar-refractivity contribution in [1.82, 2.24) is 4.90 Å². The zero-order valence-electron chi connectivity index (χ0n) is 11.6. The van der Waals surface area contributed by atoms with Crippen molar-refractivity contribution < 1.29 is 19.1 Å². The molecule has 1 aliphatic heterocycles. The first kappa shape index (κ1) is 14.7. The van der Waals surface area contributed by atoms with Gasteiger partial charge in [-0.05, 0) is 18.6 Å². The summed E-state index contributed by atoms with van der Waals surface area (Å²) in [4.78, 5) is 25.3. The fourth-order valence-corrected chi connectivity index (χ4v) is 2.06. The van der Waals surface area contributed by atoms with Crippen molar-refractivity contribution >= 4 is 11.8 Å². The molecule has 0 bridgehead atoms. The topological polar surface area (TPSA) is 55.8 Å². The van der Waals surface area contributed by atoms with Crippen molar-refractivity contribution in [2.45, 2.75) is 13.3 Å². The molecule has 0 unspecified atom stereocenters. The Bertz CT molecular complexity index is 452. The summed E-state index contributed by atoms with van der Waals surface area (Å²) < 4.78 is 10.6. The molecule has 0 saturated carbocycles. The molecular formula is C15H19NO4. The lowest BCUT2D eigenvalue weighted by atomic mass is 10.1. The number of imide groups is 1. The van der Waals surface area contributed by atoms with Gasteiger partial charge in [0.25, 0.3) is 11.8 Å². The maximum absolute atomic E-state index is 12.0. The van der Waals surface area contributed by atoms with Crippen LogP contribution in [0.1, 0.15) is 34.1 Å². The molecule has 0 aromatic heterocycles. The van der Waals surface area contributed by atoms with Crippen LogP contribution in [0, 0.1) is 0 Å². The Morgan fingerprint density at radius 3 is 2.00 bits per heavy atom. The van der Waals surface area contributed by atoms with Crippen molar-refractivity contribution in [2.75, 3.05) is 33.0 Å². The number of hydrogen-bond donors (Lipinski definition) is 0. The number of rotatable bonds is 8. The van der Waals surface area contributed by atoms with E-state index in [2.05, 4.69) is 0 Å². The van der Waals surface area contributed by atoms with Crippen molar-refractivity contribution in [3.8, 4) is 0 Å². The van der Waals surface area contributed by atoms with Crippen LogP contribution >= 0.6 is 0 Å². The van der Waals surface area contributed by atoms with Gasteiger partial charge in [0, 0.05) is 6.61 Å². The van der Waals surface area contributed by atoms with Gasteiger partial charge in [-0.15, -0.1) is 0 Å². The molecule has 1 aliphatic rings. The molecule has 0 radical (unpaired) electrons. The molecule has 1 aromatic carbocycles. The molecule has 0 atom stereocenters. The summed E-state index contributed by atoms with van der Waals surface area (Å²) in [7, 11) is 0. The minimum Gasteiger partial charge on any atom is -0.379 e. The van der Waals surface area contributed by atoms with E-state index < -0.39 is 0 Å². The average molecular weight is 277 g/mol. The highest BCUT2D eigenvalue weighted by Crippen LogP contribution is 2.21. The molecule has 5 nitrogen and oxygen atoms in total. The van der Waals surface area contributed by atoms with Crippen LogP contribution in [-0.2, 0) is 9.47 Å². The van der Waals surface area contributed by atoms with Crippen LogP contribution < -0.4 is 0 Å². The standard InChI is InChI=1S/C15H19NO4/c1-2-8-19-10-11-20-9-7-16-14(17)12-5-3-4-6-13(12)15(16)18/h3-6H,2,7-11H2,1H3. The van der Waals surface area contributed by atoms with Gasteiger partial charge < -0.3 is 9.47 Å². The molecule has 108 valence electrons. The van der Waals surface area contributed by atoms with Gasteiger partial charge in [0.15, 0.2) is 0 Å². The predicted octanol–water partition coefficient (Wildman–Crippen LogP) is 1.73. The van der Waals surface area contributed by atoms with Gasteiger partial charge in [0.05, 0.1) is 37.5 Å². The lowest BCUT2D eigenvalue weighted by Crippen LogP contribution is -2.33. The molecule has 20 heavy (non-hydrogen) atoms. The predicted molar refractivity (Wildman–Crippen MR) is 73.7 cm³/mol. The maximum Gasteiger partial charge on any atom is 0.261 e. The van der Waals surface area contributed by atoms with Crippen LogP contribution in [0.4, 0.5) is 0 Å². The fourth-order valence-electron chi connectivity index (χ4n) is 2.06. The summed E-state index contributed by atoms with van der Waals surface area (Å²) in [5.74, 6) is -0.479. The first-order valence-corrected chi connectivity index (χ1v) is 6.86. The van der Waals surface area contributed by atoms with Gasteiger partial charge >= 0.3 is 0 Å². The van der Waals surface area contributed by atoms with Gasteiger partial charge in [0.2, 0.25) is 0 Å². The second kappa shape index (κ2) is 7.17. The zero-order valence-corrected chi connectivity index (χ0v) is 11.6. The van der Waals surface area contributed by atoms with E-state index in [1.54, 1.807) is 24.3 Å². The Hall–Kier alpha value is -1.72. The van der Waals surface area contributed by atoms with E-state index in [1.165, 1.54) is 4.90 Å². The van der Waals surface area contributed by atoms with Gasteiger partial charge in [-0.25, -0.2) is 0 Å². The normalized spacial score (nSPS) is 13.9. The van der Waals surface area contributed by atoms with Crippen molar-refractivity contribution in [3.63, 3.8) is 0 Å². The van der Waals surface area contributed by atoms with Crippen LogP contribution in [0.15, 0.2) is 24.3 Å². The molecule has 1 heterocycles. The largest absolute Gasteiger partial charge is 0.379 e. The third-order valence-electron chi connectivity index (χ3n) is 3.06. The highest BCUT2D eigenvalue weighted by molar-refractivity contribution is 6.21. The van der Waals surface area contributed by atoms with Crippen molar-refractivity contribution in [2.24, 2.45) is 0 Å². The molecule has 1 aromatic rings. The summed E-state index contributed by atoms with van der Waals surface area (Å²) in [6.45, 7) is 4.39. The summed E-state index contributed by atoms with van der Waals surface area (Å²) in [6.07, 6.45) is 0.981. The average Bonchev–Trinajstić information content (AvgIpc) is 2.71. The third-order valence-corrected chi connectivity index (χ3v) is 3.06. The van der Waals surface area contributed by atoms with Crippen LogP contribution in [0.3, 0.4) is 0 Å². The minimum absolute atomic E-state index is 0.239. The molecule has 0 fully saturated rings. The highest BCUT2D eigenvalue weighted by atomic mass is 16.5. The first-order valence-electron chi connectivity index (χ1n) is 6.86. The number of carbonyl (C=O) groups excluding carboxylic acids is 2. The van der Waals surface area contributed by atoms with E-state index in [0.717, 1.165) is 13.0 Å². The van der Waals surface area contributed by atoms with E-state index >= 15 is 0 Å².